The van der Waals surface area contributed by atoms with Gasteiger partial charge in [0.2, 0.25) is 11.6 Å². The zero-order chi connectivity index (χ0) is 22.8. The molecular formula is C23H24N6O3S. The van der Waals surface area contributed by atoms with Gasteiger partial charge in [0.1, 0.15) is 12.3 Å². The lowest BCUT2D eigenvalue weighted by Crippen LogP contribution is -2.33. The first-order chi connectivity index (χ1) is 16.1. The molecule has 0 radical (unpaired) electrons. The first-order valence-corrected chi connectivity index (χ1v) is 12.0. The van der Waals surface area contributed by atoms with Gasteiger partial charge >= 0.3 is 5.69 Å². The number of nitrogens with one attached hydrogen (secondary N) is 1. The quantitative estimate of drug-likeness (QED) is 0.469. The predicted octanol–water partition coefficient (Wildman–Crippen LogP) is 2.63. The Morgan fingerprint density at radius 1 is 1.12 bits per heavy atom. The maximum atomic E-state index is 13.3. The molecule has 0 spiro atoms. The van der Waals surface area contributed by atoms with Gasteiger partial charge in [-0.3, -0.25) is 4.79 Å². The van der Waals surface area contributed by atoms with Gasteiger partial charge in [-0.2, -0.15) is 11.8 Å². The van der Waals surface area contributed by atoms with Crippen molar-refractivity contribution in [2.75, 3.05) is 41.4 Å². The number of anilines is 2. The SMILES string of the molecule is CCOc1ccc(NC(=O)Cn2nc3c(N4CCSCC4)nc4ccccc4n3c2=O)cc1. The Kier molecular flexibility index (Phi) is 5.91. The fourth-order valence-corrected chi connectivity index (χ4v) is 4.81. The molecule has 1 N–H and O–H groups in total. The van der Waals surface area contributed by atoms with Crippen LogP contribution in [0.3, 0.4) is 0 Å². The summed E-state index contributed by atoms with van der Waals surface area (Å²) in [6.07, 6.45) is 0. The number of aromatic nitrogens is 4. The maximum absolute atomic E-state index is 13.3. The fraction of sp³-hybridized carbons (Fsp3) is 0.304. The second-order valence-electron chi connectivity index (χ2n) is 7.63. The molecular weight excluding hydrogens is 440 g/mol. The van der Waals surface area contributed by atoms with E-state index >= 15 is 0 Å². The summed E-state index contributed by atoms with van der Waals surface area (Å²) in [5.41, 5.74) is 2.13. The lowest BCUT2D eigenvalue weighted by atomic mass is 10.3. The van der Waals surface area contributed by atoms with Crippen molar-refractivity contribution in [2.45, 2.75) is 13.5 Å². The number of hydrogen-bond donors (Lipinski definition) is 1. The normalized spacial score (nSPS) is 14.0. The summed E-state index contributed by atoms with van der Waals surface area (Å²) in [5.74, 6) is 3.07. The van der Waals surface area contributed by atoms with E-state index in [0.29, 0.717) is 29.3 Å². The lowest BCUT2D eigenvalue weighted by Gasteiger charge is -2.27. The number of nitrogens with zero attached hydrogens (tertiary/aromatic N) is 5. The molecule has 4 aromatic rings. The molecule has 1 aliphatic heterocycles. The Morgan fingerprint density at radius 3 is 2.64 bits per heavy atom. The summed E-state index contributed by atoms with van der Waals surface area (Å²) < 4.78 is 8.19. The number of rotatable bonds is 6. The zero-order valence-electron chi connectivity index (χ0n) is 18.2. The van der Waals surface area contributed by atoms with E-state index in [-0.39, 0.29) is 18.1 Å². The van der Waals surface area contributed by atoms with Crippen molar-refractivity contribution < 1.29 is 9.53 Å². The van der Waals surface area contributed by atoms with Crippen LogP contribution in [0.15, 0.2) is 53.3 Å². The Morgan fingerprint density at radius 2 is 1.88 bits per heavy atom. The summed E-state index contributed by atoms with van der Waals surface area (Å²) in [6.45, 7) is 3.97. The van der Waals surface area contributed by atoms with Crippen LogP contribution in [0, 0.1) is 0 Å². The summed E-state index contributed by atoms with van der Waals surface area (Å²) in [6, 6.07) is 14.6. The molecule has 1 fully saturated rings. The minimum atomic E-state index is -0.363. The molecule has 0 aliphatic carbocycles. The number of thioether (sulfide) groups is 1. The van der Waals surface area contributed by atoms with Crippen molar-refractivity contribution in [3.8, 4) is 5.75 Å². The van der Waals surface area contributed by atoms with Crippen molar-refractivity contribution in [2.24, 2.45) is 0 Å². The Balaban J connectivity index is 1.48. The molecule has 1 aliphatic rings. The largest absolute Gasteiger partial charge is 0.494 e. The van der Waals surface area contributed by atoms with Crippen LogP contribution < -0.4 is 20.6 Å². The molecule has 1 saturated heterocycles. The summed E-state index contributed by atoms with van der Waals surface area (Å²) >= 11 is 1.90. The number of para-hydroxylation sites is 2. The molecule has 5 rings (SSSR count). The van der Waals surface area contributed by atoms with E-state index in [0.717, 1.165) is 35.9 Å². The number of ether oxygens (including phenoxy) is 1. The number of carbonyl (C=O) groups is 1. The molecule has 170 valence electrons. The lowest BCUT2D eigenvalue weighted by molar-refractivity contribution is -0.117. The Hall–Kier alpha value is -3.53. The molecule has 0 unspecified atom stereocenters. The highest BCUT2D eigenvalue weighted by molar-refractivity contribution is 7.99. The molecule has 3 heterocycles. The topological polar surface area (TPSA) is 93.8 Å². The number of hydrogen-bond acceptors (Lipinski definition) is 7. The maximum Gasteiger partial charge on any atom is 0.351 e. The average Bonchev–Trinajstić information content (AvgIpc) is 3.16. The van der Waals surface area contributed by atoms with E-state index in [1.54, 1.807) is 28.7 Å². The Bertz CT molecular complexity index is 1360. The molecule has 2 aromatic carbocycles. The van der Waals surface area contributed by atoms with Gasteiger partial charge in [0.15, 0.2) is 5.82 Å². The van der Waals surface area contributed by atoms with Crippen molar-refractivity contribution in [1.29, 1.82) is 0 Å². The molecule has 0 bridgehead atoms. The van der Waals surface area contributed by atoms with Gasteiger partial charge in [-0.05, 0) is 43.3 Å². The molecule has 10 heteroatoms. The van der Waals surface area contributed by atoms with Crippen LogP contribution in [-0.2, 0) is 11.3 Å². The van der Waals surface area contributed by atoms with Crippen LogP contribution >= 0.6 is 11.8 Å². The second kappa shape index (κ2) is 9.14. The predicted molar refractivity (Wildman–Crippen MR) is 131 cm³/mol. The van der Waals surface area contributed by atoms with Crippen LogP contribution in [0.5, 0.6) is 5.75 Å². The zero-order valence-corrected chi connectivity index (χ0v) is 19.0. The molecule has 0 saturated carbocycles. The van der Waals surface area contributed by atoms with E-state index in [2.05, 4.69) is 15.3 Å². The van der Waals surface area contributed by atoms with Crippen LogP contribution in [0.25, 0.3) is 16.7 Å². The summed E-state index contributed by atoms with van der Waals surface area (Å²) in [5, 5.41) is 7.35. The molecule has 1 amide bonds. The monoisotopic (exact) mass is 464 g/mol. The van der Waals surface area contributed by atoms with E-state index in [4.69, 9.17) is 9.72 Å². The van der Waals surface area contributed by atoms with Gasteiger partial charge in [-0.1, -0.05) is 12.1 Å². The third-order valence-electron chi connectivity index (χ3n) is 5.44. The van der Waals surface area contributed by atoms with E-state index in [1.807, 2.05) is 43.0 Å². The van der Waals surface area contributed by atoms with E-state index in [1.165, 1.54) is 4.68 Å². The van der Waals surface area contributed by atoms with Gasteiger partial charge < -0.3 is 15.0 Å². The summed E-state index contributed by atoms with van der Waals surface area (Å²) in [7, 11) is 0. The van der Waals surface area contributed by atoms with Gasteiger partial charge in [0, 0.05) is 30.3 Å². The smallest absolute Gasteiger partial charge is 0.351 e. The number of carbonyl (C=O) groups excluding carboxylic acids is 1. The van der Waals surface area contributed by atoms with Gasteiger partial charge in [-0.25, -0.2) is 18.9 Å². The van der Waals surface area contributed by atoms with Crippen LogP contribution in [0.2, 0.25) is 0 Å². The number of benzene rings is 2. The number of fused-ring (bicyclic) bond motifs is 3. The van der Waals surface area contributed by atoms with Gasteiger partial charge in [-0.15, -0.1) is 5.10 Å². The Labute approximate surface area is 194 Å². The van der Waals surface area contributed by atoms with E-state index in [9.17, 15) is 9.59 Å². The van der Waals surface area contributed by atoms with Crippen molar-refractivity contribution in [3.63, 3.8) is 0 Å². The van der Waals surface area contributed by atoms with Gasteiger partial charge in [0.25, 0.3) is 0 Å². The third-order valence-corrected chi connectivity index (χ3v) is 6.38. The molecule has 9 nitrogen and oxygen atoms in total. The first kappa shape index (κ1) is 21.3. The van der Waals surface area contributed by atoms with Crippen LogP contribution in [0.4, 0.5) is 11.5 Å². The van der Waals surface area contributed by atoms with E-state index < -0.39 is 0 Å². The highest BCUT2D eigenvalue weighted by atomic mass is 32.2. The van der Waals surface area contributed by atoms with Crippen molar-refractivity contribution >= 4 is 45.9 Å². The highest BCUT2D eigenvalue weighted by Gasteiger charge is 2.22. The van der Waals surface area contributed by atoms with Crippen molar-refractivity contribution in [3.05, 3.63) is 59.0 Å². The molecule has 0 atom stereocenters. The molecule has 33 heavy (non-hydrogen) atoms. The fourth-order valence-electron chi connectivity index (χ4n) is 3.91. The minimum absolute atomic E-state index is 0.197. The average molecular weight is 465 g/mol. The van der Waals surface area contributed by atoms with Crippen LogP contribution in [-0.4, -0.2) is 56.3 Å². The second-order valence-corrected chi connectivity index (χ2v) is 8.85. The molecule has 2 aromatic heterocycles. The first-order valence-electron chi connectivity index (χ1n) is 10.9. The third kappa shape index (κ3) is 4.25. The highest BCUT2D eigenvalue weighted by Crippen LogP contribution is 2.24. The standard InChI is InChI=1S/C23H24N6O3S/c1-2-32-17-9-7-16(8-10-17)24-20(30)15-28-23(31)29-19-6-4-3-5-18(19)25-21(22(29)26-28)27-11-13-33-14-12-27/h3-10H,2,11-15H2,1H3,(H,24,30). The van der Waals surface area contributed by atoms with Crippen LogP contribution in [0.1, 0.15) is 6.92 Å². The number of amides is 1. The van der Waals surface area contributed by atoms with Crippen molar-refractivity contribution in [1.82, 2.24) is 19.2 Å². The summed E-state index contributed by atoms with van der Waals surface area (Å²) in [4.78, 5) is 33.0. The van der Waals surface area contributed by atoms with Gasteiger partial charge in [0.05, 0.1) is 17.6 Å². The minimum Gasteiger partial charge on any atom is -0.494 e.